The van der Waals surface area contributed by atoms with Crippen LogP contribution in [-0.4, -0.2) is 23.9 Å². The summed E-state index contributed by atoms with van der Waals surface area (Å²) in [6, 6.07) is 8.45. The van der Waals surface area contributed by atoms with Gasteiger partial charge in [0, 0.05) is 11.6 Å². The Kier molecular flexibility index (Phi) is 5.55. The lowest BCUT2D eigenvalue weighted by molar-refractivity contribution is -0.124. The van der Waals surface area contributed by atoms with Crippen LogP contribution in [0.3, 0.4) is 0 Å². The molecule has 0 aromatic heterocycles. The maximum absolute atomic E-state index is 12.1. The fourth-order valence-electron chi connectivity index (χ4n) is 1.72. The molecule has 1 atom stereocenters. The van der Waals surface area contributed by atoms with Gasteiger partial charge in [0.25, 0.3) is 5.91 Å². The fourth-order valence-corrected chi connectivity index (χ4v) is 1.72. The topological polar surface area (TPSA) is 58.2 Å². The van der Waals surface area contributed by atoms with Crippen LogP contribution in [-0.2, 0) is 4.79 Å². The zero-order valence-electron chi connectivity index (χ0n) is 11.9. The van der Waals surface area contributed by atoms with E-state index in [0.29, 0.717) is 5.56 Å². The van der Waals surface area contributed by atoms with Gasteiger partial charge in [0.15, 0.2) is 0 Å². The van der Waals surface area contributed by atoms with E-state index in [9.17, 15) is 9.59 Å². The summed E-state index contributed by atoms with van der Waals surface area (Å²) in [4.78, 5) is 24.1. The Labute approximate surface area is 114 Å². The average Bonchev–Trinajstić information content (AvgIpc) is 2.35. The third-order valence-electron chi connectivity index (χ3n) is 2.70. The highest BCUT2D eigenvalue weighted by Gasteiger charge is 2.24. The van der Waals surface area contributed by atoms with Crippen molar-refractivity contribution in [1.29, 1.82) is 0 Å². The van der Waals surface area contributed by atoms with Crippen molar-refractivity contribution in [2.24, 2.45) is 5.92 Å². The third kappa shape index (κ3) is 4.73. The summed E-state index contributed by atoms with van der Waals surface area (Å²) in [5.41, 5.74) is 0.561. The van der Waals surface area contributed by atoms with Crippen molar-refractivity contribution >= 4 is 11.8 Å². The molecule has 0 heterocycles. The van der Waals surface area contributed by atoms with E-state index in [0.717, 1.165) is 0 Å². The summed E-state index contributed by atoms with van der Waals surface area (Å²) in [7, 11) is 0. The lowest BCUT2D eigenvalue weighted by atomic mass is 10.0. The molecule has 104 valence electrons. The van der Waals surface area contributed by atoms with Crippen LogP contribution in [0.5, 0.6) is 0 Å². The van der Waals surface area contributed by atoms with Gasteiger partial charge in [-0.1, -0.05) is 32.0 Å². The van der Waals surface area contributed by atoms with Crippen LogP contribution < -0.4 is 10.6 Å². The summed E-state index contributed by atoms with van der Waals surface area (Å²) in [6.45, 7) is 7.62. The van der Waals surface area contributed by atoms with Crippen molar-refractivity contribution in [3.8, 4) is 0 Å². The maximum atomic E-state index is 12.1. The summed E-state index contributed by atoms with van der Waals surface area (Å²) in [5.74, 6) is -0.334. The average molecular weight is 262 g/mol. The molecule has 1 aromatic rings. The minimum Gasteiger partial charge on any atom is -0.352 e. The Hall–Kier alpha value is -1.84. The van der Waals surface area contributed by atoms with Crippen molar-refractivity contribution in [3.63, 3.8) is 0 Å². The predicted octanol–water partition coefficient (Wildman–Crippen LogP) is 1.97. The second-order valence-electron chi connectivity index (χ2n) is 5.22. The molecule has 0 aliphatic rings. The number of amides is 2. The van der Waals surface area contributed by atoms with E-state index < -0.39 is 6.04 Å². The van der Waals surface area contributed by atoms with Crippen molar-refractivity contribution in [2.75, 3.05) is 0 Å². The van der Waals surface area contributed by atoms with E-state index in [4.69, 9.17) is 0 Å². The first-order chi connectivity index (χ1) is 8.91. The Morgan fingerprint density at radius 2 is 1.53 bits per heavy atom. The van der Waals surface area contributed by atoms with Crippen LogP contribution in [0.15, 0.2) is 30.3 Å². The van der Waals surface area contributed by atoms with Crippen LogP contribution in [0.1, 0.15) is 38.1 Å². The molecule has 0 aliphatic heterocycles. The van der Waals surface area contributed by atoms with Gasteiger partial charge in [-0.25, -0.2) is 0 Å². The molecule has 4 heteroatoms. The highest BCUT2D eigenvalue weighted by Crippen LogP contribution is 2.05. The molecule has 2 amide bonds. The van der Waals surface area contributed by atoms with E-state index in [2.05, 4.69) is 10.6 Å². The Bertz CT molecular complexity index is 427. The number of carbonyl (C=O) groups excluding carboxylic acids is 2. The Morgan fingerprint density at radius 3 is 2.00 bits per heavy atom. The van der Waals surface area contributed by atoms with Crippen LogP contribution in [0.25, 0.3) is 0 Å². The number of benzene rings is 1. The van der Waals surface area contributed by atoms with Gasteiger partial charge in [-0.15, -0.1) is 0 Å². The monoisotopic (exact) mass is 262 g/mol. The first kappa shape index (κ1) is 15.2. The highest BCUT2D eigenvalue weighted by molar-refractivity contribution is 5.97. The zero-order valence-corrected chi connectivity index (χ0v) is 11.9. The summed E-state index contributed by atoms with van der Waals surface area (Å²) in [6.07, 6.45) is 0. The van der Waals surface area contributed by atoms with Crippen LogP contribution in [0.4, 0.5) is 0 Å². The molecule has 0 fully saturated rings. The van der Waals surface area contributed by atoms with Crippen molar-refractivity contribution < 1.29 is 9.59 Å². The van der Waals surface area contributed by atoms with E-state index in [1.807, 2.05) is 33.8 Å². The number of carbonyl (C=O) groups is 2. The number of hydrogen-bond donors (Lipinski definition) is 2. The normalized spacial score (nSPS) is 12.3. The standard InChI is InChI=1S/C15H22N2O2/c1-10(2)13(15(19)16-11(3)4)17-14(18)12-8-6-5-7-9-12/h5-11,13H,1-4H3,(H,16,19)(H,17,18). The van der Waals surface area contributed by atoms with Gasteiger partial charge in [0.05, 0.1) is 0 Å². The molecule has 4 nitrogen and oxygen atoms in total. The van der Waals surface area contributed by atoms with Gasteiger partial charge in [0.1, 0.15) is 6.04 Å². The molecule has 1 rings (SSSR count). The number of hydrogen-bond acceptors (Lipinski definition) is 2. The first-order valence-electron chi connectivity index (χ1n) is 6.58. The highest BCUT2D eigenvalue weighted by atomic mass is 16.2. The molecule has 0 saturated heterocycles. The first-order valence-corrected chi connectivity index (χ1v) is 6.58. The predicted molar refractivity (Wildman–Crippen MR) is 75.8 cm³/mol. The molecule has 1 unspecified atom stereocenters. The molecule has 1 aromatic carbocycles. The Balaban J connectivity index is 2.74. The van der Waals surface area contributed by atoms with Crippen LogP contribution in [0.2, 0.25) is 0 Å². The van der Waals surface area contributed by atoms with Crippen molar-refractivity contribution in [2.45, 2.75) is 39.8 Å². The second-order valence-corrected chi connectivity index (χ2v) is 5.22. The summed E-state index contributed by atoms with van der Waals surface area (Å²) < 4.78 is 0. The van der Waals surface area contributed by atoms with Gasteiger partial charge in [-0.05, 0) is 31.9 Å². The summed E-state index contributed by atoms with van der Waals surface area (Å²) in [5, 5.41) is 5.61. The van der Waals surface area contributed by atoms with Gasteiger partial charge < -0.3 is 10.6 Å². The molecule has 0 bridgehead atoms. The smallest absolute Gasteiger partial charge is 0.251 e. The molecule has 0 aliphatic carbocycles. The van der Waals surface area contributed by atoms with Gasteiger partial charge in [0.2, 0.25) is 5.91 Å². The van der Waals surface area contributed by atoms with Gasteiger partial charge in [-0.2, -0.15) is 0 Å². The molecule has 0 saturated carbocycles. The van der Waals surface area contributed by atoms with Gasteiger partial charge in [-0.3, -0.25) is 9.59 Å². The minimum atomic E-state index is -0.518. The molecule has 0 radical (unpaired) electrons. The minimum absolute atomic E-state index is 0.0337. The molecular formula is C15H22N2O2. The lowest BCUT2D eigenvalue weighted by Gasteiger charge is -2.23. The second kappa shape index (κ2) is 6.92. The van der Waals surface area contributed by atoms with Crippen molar-refractivity contribution in [3.05, 3.63) is 35.9 Å². The lowest BCUT2D eigenvalue weighted by Crippen LogP contribution is -2.51. The van der Waals surface area contributed by atoms with Crippen molar-refractivity contribution in [1.82, 2.24) is 10.6 Å². The SMILES string of the molecule is CC(C)NC(=O)C(NC(=O)c1ccccc1)C(C)C. The van der Waals surface area contributed by atoms with Crippen LogP contribution in [0, 0.1) is 5.92 Å². The molecular weight excluding hydrogens is 240 g/mol. The van der Waals surface area contributed by atoms with E-state index in [1.165, 1.54) is 0 Å². The molecule has 2 N–H and O–H groups in total. The molecule has 0 spiro atoms. The largest absolute Gasteiger partial charge is 0.352 e. The number of nitrogens with one attached hydrogen (secondary N) is 2. The third-order valence-corrected chi connectivity index (χ3v) is 2.70. The van der Waals surface area contributed by atoms with Crippen LogP contribution >= 0.6 is 0 Å². The van der Waals surface area contributed by atoms with E-state index in [1.54, 1.807) is 24.3 Å². The van der Waals surface area contributed by atoms with E-state index >= 15 is 0 Å². The van der Waals surface area contributed by atoms with Gasteiger partial charge >= 0.3 is 0 Å². The fraction of sp³-hybridized carbons (Fsp3) is 0.467. The number of rotatable bonds is 5. The Morgan fingerprint density at radius 1 is 0.947 bits per heavy atom. The van der Waals surface area contributed by atoms with E-state index in [-0.39, 0.29) is 23.8 Å². The zero-order chi connectivity index (χ0) is 14.4. The maximum Gasteiger partial charge on any atom is 0.251 e. The quantitative estimate of drug-likeness (QED) is 0.852. The molecule has 19 heavy (non-hydrogen) atoms. The summed E-state index contributed by atoms with van der Waals surface area (Å²) >= 11 is 0.